The molecule has 0 saturated carbocycles. The smallest absolute Gasteiger partial charge is 0.223 e. The number of aryl methyl sites for hydroxylation is 1. The summed E-state index contributed by atoms with van der Waals surface area (Å²) in [5, 5.41) is 8.86. The Morgan fingerprint density at radius 1 is 1.31 bits per heavy atom. The number of rotatable bonds is 1. The molecule has 82 valence electrons. The number of aliphatic imine (C=N–C) groups is 2. The Morgan fingerprint density at radius 2 is 2.00 bits per heavy atom. The molecular formula is C10H12N6. The molecule has 0 aromatic heterocycles. The lowest BCUT2D eigenvalue weighted by Gasteiger charge is -2.00. The summed E-state index contributed by atoms with van der Waals surface area (Å²) in [6.45, 7) is 1.89. The lowest BCUT2D eigenvalue weighted by molar-refractivity contribution is 1.34. The Balaban J connectivity index is 3.19. The minimum atomic E-state index is -0.174. The largest absolute Gasteiger partial charge is 0.370 e. The molecule has 0 amide bonds. The van der Waals surface area contributed by atoms with Crippen molar-refractivity contribution in [1.82, 2.24) is 0 Å². The summed E-state index contributed by atoms with van der Waals surface area (Å²) >= 11 is 0. The average molecular weight is 216 g/mol. The quantitative estimate of drug-likeness (QED) is 0.454. The fraction of sp³-hybridized carbons (Fsp3) is 0.100. The Kier molecular flexibility index (Phi) is 3.45. The maximum atomic E-state index is 8.86. The van der Waals surface area contributed by atoms with Gasteiger partial charge in [0.1, 0.15) is 6.07 Å². The van der Waals surface area contributed by atoms with Crippen LogP contribution in [0.25, 0.3) is 0 Å². The number of nitrogens with zero attached hydrogens (tertiary/aromatic N) is 3. The van der Waals surface area contributed by atoms with Crippen molar-refractivity contribution in [2.24, 2.45) is 27.2 Å². The summed E-state index contributed by atoms with van der Waals surface area (Å²) in [7, 11) is 0. The molecule has 0 spiro atoms. The molecule has 1 aromatic rings. The highest BCUT2D eigenvalue weighted by Crippen LogP contribution is 2.19. The molecule has 0 saturated heterocycles. The van der Waals surface area contributed by atoms with Gasteiger partial charge in [-0.05, 0) is 24.6 Å². The SMILES string of the molecule is Cc1ccc(C#N)c(N=C(N)N=C(N)N)c1. The second-order valence-electron chi connectivity index (χ2n) is 3.14. The van der Waals surface area contributed by atoms with Crippen molar-refractivity contribution in [2.45, 2.75) is 6.92 Å². The highest BCUT2D eigenvalue weighted by atomic mass is 15.1. The summed E-state index contributed by atoms with van der Waals surface area (Å²) in [6, 6.07) is 7.22. The summed E-state index contributed by atoms with van der Waals surface area (Å²) in [5.41, 5.74) is 17.6. The van der Waals surface area contributed by atoms with Crippen LogP contribution >= 0.6 is 0 Å². The van der Waals surface area contributed by atoms with Crippen LogP contribution in [0.3, 0.4) is 0 Å². The first kappa shape index (κ1) is 11.5. The van der Waals surface area contributed by atoms with Crippen LogP contribution in [0.5, 0.6) is 0 Å². The van der Waals surface area contributed by atoms with Gasteiger partial charge in [-0.3, -0.25) is 0 Å². The Bertz CT molecular complexity index is 491. The maximum absolute atomic E-state index is 8.86. The van der Waals surface area contributed by atoms with Gasteiger partial charge in [0, 0.05) is 0 Å². The molecule has 6 N–H and O–H groups in total. The van der Waals surface area contributed by atoms with Crippen LogP contribution in [-0.2, 0) is 0 Å². The zero-order valence-corrected chi connectivity index (χ0v) is 8.81. The predicted octanol–water partition coefficient (Wildman–Crippen LogP) is 0.0863. The first-order valence-electron chi connectivity index (χ1n) is 4.47. The van der Waals surface area contributed by atoms with Gasteiger partial charge in [0.05, 0.1) is 11.3 Å². The summed E-state index contributed by atoms with van der Waals surface area (Å²) < 4.78 is 0. The van der Waals surface area contributed by atoms with Crippen LogP contribution in [0.15, 0.2) is 28.2 Å². The molecule has 6 heteroatoms. The van der Waals surface area contributed by atoms with Crippen molar-refractivity contribution >= 4 is 17.6 Å². The molecular weight excluding hydrogens is 204 g/mol. The van der Waals surface area contributed by atoms with E-state index in [2.05, 4.69) is 9.98 Å². The van der Waals surface area contributed by atoms with Gasteiger partial charge in [0.25, 0.3) is 0 Å². The van der Waals surface area contributed by atoms with Gasteiger partial charge in [0.2, 0.25) is 5.96 Å². The van der Waals surface area contributed by atoms with Crippen molar-refractivity contribution < 1.29 is 0 Å². The lowest BCUT2D eigenvalue weighted by Crippen LogP contribution is -2.26. The first-order chi connectivity index (χ1) is 7.52. The third-order valence-electron chi connectivity index (χ3n) is 1.75. The van der Waals surface area contributed by atoms with Gasteiger partial charge in [-0.1, -0.05) is 6.07 Å². The lowest BCUT2D eigenvalue weighted by atomic mass is 10.1. The number of benzene rings is 1. The highest BCUT2D eigenvalue weighted by Gasteiger charge is 2.01. The van der Waals surface area contributed by atoms with Crippen molar-refractivity contribution in [3.05, 3.63) is 29.3 Å². The second-order valence-corrected chi connectivity index (χ2v) is 3.14. The Morgan fingerprint density at radius 3 is 2.56 bits per heavy atom. The van der Waals surface area contributed by atoms with E-state index in [1.165, 1.54) is 0 Å². The Hall–Kier alpha value is -2.55. The molecule has 0 aliphatic carbocycles. The van der Waals surface area contributed by atoms with E-state index in [0.29, 0.717) is 11.3 Å². The molecule has 0 heterocycles. The van der Waals surface area contributed by atoms with E-state index in [-0.39, 0.29) is 11.9 Å². The van der Waals surface area contributed by atoms with Gasteiger partial charge in [-0.2, -0.15) is 10.3 Å². The molecule has 0 aliphatic heterocycles. The van der Waals surface area contributed by atoms with Crippen molar-refractivity contribution in [1.29, 1.82) is 5.26 Å². The number of hydrogen-bond donors (Lipinski definition) is 3. The van der Waals surface area contributed by atoms with Gasteiger partial charge in [0.15, 0.2) is 5.96 Å². The fourth-order valence-corrected chi connectivity index (χ4v) is 1.11. The molecule has 16 heavy (non-hydrogen) atoms. The van der Waals surface area contributed by atoms with E-state index in [1.54, 1.807) is 12.1 Å². The third-order valence-corrected chi connectivity index (χ3v) is 1.75. The number of hydrogen-bond acceptors (Lipinski definition) is 2. The minimum Gasteiger partial charge on any atom is -0.370 e. The normalized spacial score (nSPS) is 10.6. The van der Waals surface area contributed by atoms with Crippen molar-refractivity contribution in [3.8, 4) is 6.07 Å². The van der Waals surface area contributed by atoms with E-state index < -0.39 is 0 Å². The standard InChI is InChI=1S/C10H12N6/c1-6-2-3-7(5-11)8(4-6)15-10(14)16-9(12)13/h2-4H,1H3,(H6,12,13,14,15,16). The average Bonchev–Trinajstić information content (AvgIpc) is 2.16. The van der Waals surface area contributed by atoms with E-state index in [0.717, 1.165) is 5.56 Å². The van der Waals surface area contributed by atoms with Crippen LogP contribution in [0.1, 0.15) is 11.1 Å². The van der Waals surface area contributed by atoms with Gasteiger partial charge < -0.3 is 17.2 Å². The van der Waals surface area contributed by atoms with Crippen LogP contribution in [0.2, 0.25) is 0 Å². The van der Waals surface area contributed by atoms with E-state index >= 15 is 0 Å². The van der Waals surface area contributed by atoms with Crippen LogP contribution < -0.4 is 17.2 Å². The topological polar surface area (TPSA) is 127 Å². The van der Waals surface area contributed by atoms with Crippen LogP contribution in [0.4, 0.5) is 5.69 Å². The summed E-state index contributed by atoms with van der Waals surface area (Å²) in [6.07, 6.45) is 0. The van der Waals surface area contributed by atoms with E-state index in [4.69, 9.17) is 22.5 Å². The fourth-order valence-electron chi connectivity index (χ4n) is 1.11. The van der Waals surface area contributed by atoms with Gasteiger partial charge in [-0.25, -0.2) is 4.99 Å². The summed E-state index contributed by atoms with van der Waals surface area (Å²) in [4.78, 5) is 7.52. The Labute approximate surface area is 93.1 Å². The van der Waals surface area contributed by atoms with Crippen LogP contribution in [-0.4, -0.2) is 11.9 Å². The molecule has 6 nitrogen and oxygen atoms in total. The van der Waals surface area contributed by atoms with Gasteiger partial charge >= 0.3 is 0 Å². The second kappa shape index (κ2) is 4.79. The predicted molar refractivity (Wildman–Crippen MR) is 63.0 cm³/mol. The van der Waals surface area contributed by atoms with E-state index in [9.17, 15) is 0 Å². The van der Waals surface area contributed by atoms with E-state index in [1.807, 2.05) is 19.1 Å². The molecule has 0 atom stereocenters. The first-order valence-corrected chi connectivity index (χ1v) is 4.47. The maximum Gasteiger partial charge on any atom is 0.223 e. The molecule has 0 radical (unpaired) electrons. The van der Waals surface area contributed by atoms with Gasteiger partial charge in [-0.15, -0.1) is 0 Å². The van der Waals surface area contributed by atoms with Crippen molar-refractivity contribution in [2.75, 3.05) is 0 Å². The molecule has 0 bridgehead atoms. The van der Waals surface area contributed by atoms with Crippen LogP contribution in [0, 0.1) is 18.3 Å². The monoisotopic (exact) mass is 216 g/mol. The molecule has 0 aliphatic rings. The molecule has 1 rings (SSSR count). The molecule has 0 unspecified atom stereocenters. The zero-order chi connectivity index (χ0) is 12.1. The molecule has 1 aromatic carbocycles. The minimum absolute atomic E-state index is 0.0814. The third kappa shape index (κ3) is 2.99. The number of nitriles is 1. The highest BCUT2D eigenvalue weighted by molar-refractivity contribution is 5.93. The van der Waals surface area contributed by atoms with Crippen molar-refractivity contribution in [3.63, 3.8) is 0 Å². The molecule has 0 fully saturated rings. The summed E-state index contributed by atoms with van der Waals surface area (Å²) in [5.74, 6) is -0.255. The number of guanidine groups is 2. The number of nitrogens with two attached hydrogens (primary N) is 3. The zero-order valence-electron chi connectivity index (χ0n) is 8.81.